The minimum Gasteiger partial charge on any atom is -0.478 e. The summed E-state index contributed by atoms with van der Waals surface area (Å²) in [6, 6.07) is 3.49. The molecule has 1 saturated heterocycles. The number of carboxylic acids is 1. The highest BCUT2D eigenvalue weighted by atomic mass is 35.5. The van der Waals surface area contributed by atoms with Crippen LogP contribution in [0.5, 0.6) is 0 Å². The number of aromatic carboxylic acids is 1. The van der Waals surface area contributed by atoms with Gasteiger partial charge in [-0.2, -0.15) is 0 Å². The molecule has 0 unspecified atom stereocenters. The van der Waals surface area contributed by atoms with E-state index in [1.54, 1.807) is 6.07 Å². The topological polar surface area (TPSA) is 40.5 Å². The molecule has 4 heteroatoms. The van der Waals surface area contributed by atoms with Crippen LogP contribution in [-0.4, -0.2) is 24.2 Å². The second-order valence-corrected chi connectivity index (χ2v) is 6.32. The summed E-state index contributed by atoms with van der Waals surface area (Å²) < 4.78 is 0. The SMILES string of the molecule is Cc1cc(N2CCC3(CC2)CC3)c(C(=O)O)cc1Cl. The molecule has 19 heavy (non-hydrogen) atoms. The average molecular weight is 280 g/mol. The smallest absolute Gasteiger partial charge is 0.337 e. The van der Waals surface area contributed by atoms with Crippen LogP contribution in [0.2, 0.25) is 5.02 Å². The van der Waals surface area contributed by atoms with E-state index in [1.165, 1.54) is 25.7 Å². The standard InChI is InChI=1S/C15H18ClNO2/c1-10-8-13(11(14(18)19)9-12(10)16)17-6-4-15(2-3-15)5-7-17/h8-9H,2-7H2,1H3,(H,18,19). The summed E-state index contributed by atoms with van der Waals surface area (Å²) >= 11 is 6.04. The molecule has 1 aliphatic heterocycles. The van der Waals surface area contributed by atoms with E-state index in [0.29, 0.717) is 16.0 Å². The molecule has 1 aliphatic carbocycles. The van der Waals surface area contributed by atoms with Crippen molar-refractivity contribution in [1.82, 2.24) is 0 Å². The van der Waals surface area contributed by atoms with Crippen LogP contribution in [0.15, 0.2) is 12.1 Å². The first kappa shape index (κ1) is 12.8. The molecule has 0 aromatic heterocycles. The highest BCUT2D eigenvalue weighted by Crippen LogP contribution is 2.54. The minimum absolute atomic E-state index is 0.322. The monoisotopic (exact) mass is 279 g/mol. The molecule has 1 aromatic rings. The van der Waals surface area contributed by atoms with Crippen LogP contribution in [0.3, 0.4) is 0 Å². The van der Waals surface area contributed by atoms with Crippen molar-refractivity contribution < 1.29 is 9.90 Å². The van der Waals surface area contributed by atoms with E-state index < -0.39 is 5.97 Å². The van der Waals surface area contributed by atoms with Crippen LogP contribution in [0.4, 0.5) is 5.69 Å². The van der Waals surface area contributed by atoms with Gasteiger partial charge < -0.3 is 10.0 Å². The maximum absolute atomic E-state index is 11.4. The van der Waals surface area contributed by atoms with E-state index in [0.717, 1.165) is 24.3 Å². The summed E-state index contributed by atoms with van der Waals surface area (Å²) in [5.74, 6) is -0.899. The fourth-order valence-corrected chi connectivity index (χ4v) is 3.16. The van der Waals surface area contributed by atoms with E-state index >= 15 is 0 Å². The number of anilines is 1. The van der Waals surface area contributed by atoms with E-state index in [2.05, 4.69) is 4.90 Å². The van der Waals surface area contributed by atoms with Crippen molar-refractivity contribution in [3.05, 3.63) is 28.3 Å². The van der Waals surface area contributed by atoms with Gasteiger partial charge in [-0.15, -0.1) is 0 Å². The molecule has 3 nitrogen and oxygen atoms in total. The Balaban J connectivity index is 1.90. The molecule has 0 bridgehead atoms. The second-order valence-electron chi connectivity index (χ2n) is 5.91. The van der Waals surface area contributed by atoms with E-state index in [1.807, 2.05) is 13.0 Å². The molecule has 1 heterocycles. The van der Waals surface area contributed by atoms with Gasteiger partial charge in [0.05, 0.1) is 11.3 Å². The van der Waals surface area contributed by atoms with Crippen LogP contribution in [0.1, 0.15) is 41.6 Å². The van der Waals surface area contributed by atoms with Gasteiger partial charge in [-0.1, -0.05) is 11.6 Å². The first-order valence-electron chi connectivity index (χ1n) is 6.79. The molecule has 1 N–H and O–H groups in total. The normalized spacial score (nSPS) is 20.6. The molecule has 2 aliphatic rings. The van der Waals surface area contributed by atoms with Crippen molar-refractivity contribution >= 4 is 23.3 Å². The van der Waals surface area contributed by atoms with E-state index in [9.17, 15) is 9.90 Å². The Morgan fingerprint density at radius 3 is 2.42 bits per heavy atom. The molecule has 0 amide bonds. The van der Waals surface area contributed by atoms with Crippen LogP contribution in [-0.2, 0) is 0 Å². The molecule has 0 atom stereocenters. The van der Waals surface area contributed by atoms with Gasteiger partial charge in [0.2, 0.25) is 0 Å². The lowest BCUT2D eigenvalue weighted by Crippen LogP contribution is -2.35. The Morgan fingerprint density at radius 2 is 1.89 bits per heavy atom. The number of carboxylic acid groups (broad SMARTS) is 1. The number of carbonyl (C=O) groups is 1. The van der Waals surface area contributed by atoms with E-state index in [-0.39, 0.29) is 0 Å². The Labute approximate surface area is 118 Å². The van der Waals surface area contributed by atoms with E-state index in [4.69, 9.17) is 11.6 Å². The van der Waals surface area contributed by atoms with Gasteiger partial charge in [0, 0.05) is 18.1 Å². The Kier molecular flexibility index (Phi) is 2.97. The molecule has 1 aromatic carbocycles. The lowest BCUT2D eigenvalue weighted by atomic mass is 9.93. The van der Waals surface area contributed by atoms with Gasteiger partial charge in [0.1, 0.15) is 0 Å². The summed E-state index contributed by atoms with van der Waals surface area (Å²) in [5, 5.41) is 9.87. The number of piperidine rings is 1. The third-order valence-corrected chi connectivity index (χ3v) is 5.04. The maximum Gasteiger partial charge on any atom is 0.337 e. The van der Waals surface area contributed by atoms with Crippen molar-refractivity contribution in [2.45, 2.75) is 32.6 Å². The first-order chi connectivity index (χ1) is 9.01. The number of aryl methyl sites for hydroxylation is 1. The zero-order valence-electron chi connectivity index (χ0n) is 11.1. The highest BCUT2D eigenvalue weighted by molar-refractivity contribution is 6.31. The van der Waals surface area contributed by atoms with Gasteiger partial charge in [-0.3, -0.25) is 0 Å². The number of hydrogen-bond acceptors (Lipinski definition) is 2. The fraction of sp³-hybridized carbons (Fsp3) is 0.533. The van der Waals surface area contributed by atoms with Crippen molar-refractivity contribution in [3.8, 4) is 0 Å². The van der Waals surface area contributed by atoms with Crippen molar-refractivity contribution in [2.24, 2.45) is 5.41 Å². The summed E-state index contributed by atoms with van der Waals surface area (Å²) in [6.45, 7) is 3.84. The summed E-state index contributed by atoms with van der Waals surface area (Å²) in [7, 11) is 0. The van der Waals surface area contributed by atoms with Gasteiger partial charge in [-0.05, 0) is 55.7 Å². The van der Waals surface area contributed by atoms with Gasteiger partial charge >= 0.3 is 5.97 Å². The summed E-state index contributed by atoms with van der Waals surface area (Å²) in [4.78, 5) is 13.6. The molecular weight excluding hydrogens is 262 g/mol. The van der Waals surface area contributed by atoms with Crippen molar-refractivity contribution in [2.75, 3.05) is 18.0 Å². The first-order valence-corrected chi connectivity index (χ1v) is 7.17. The predicted octanol–water partition coefficient (Wildman–Crippen LogP) is 3.73. The van der Waals surface area contributed by atoms with Crippen molar-refractivity contribution in [1.29, 1.82) is 0 Å². The van der Waals surface area contributed by atoms with Crippen LogP contribution in [0.25, 0.3) is 0 Å². The largest absolute Gasteiger partial charge is 0.478 e. The Morgan fingerprint density at radius 1 is 1.26 bits per heavy atom. The zero-order chi connectivity index (χ0) is 13.6. The fourth-order valence-electron chi connectivity index (χ4n) is 3.00. The Bertz CT molecular complexity index is 527. The highest BCUT2D eigenvalue weighted by Gasteiger charge is 2.44. The predicted molar refractivity (Wildman–Crippen MR) is 76.3 cm³/mol. The Hall–Kier alpha value is -1.22. The van der Waals surface area contributed by atoms with Crippen molar-refractivity contribution in [3.63, 3.8) is 0 Å². The summed E-state index contributed by atoms with van der Waals surface area (Å²) in [5.41, 5.74) is 2.68. The second kappa shape index (κ2) is 4.41. The van der Waals surface area contributed by atoms with Crippen LogP contribution >= 0.6 is 11.6 Å². The zero-order valence-corrected chi connectivity index (χ0v) is 11.8. The average Bonchev–Trinajstić information content (AvgIpc) is 3.13. The van der Waals surface area contributed by atoms with Gasteiger partial charge in [-0.25, -0.2) is 4.79 Å². The van der Waals surface area contributed by atoms with Crippen LogP contribution in [0, 0.1) is 12.3 Å². The third-order valence-electron chi connectivity index (χ3n) is 4.63. The lowest BCUT2D eigenvalue weighted by Gasteiger charge is -2.34. The summed E-state index contributed by atoms with van der Waals surface area (Å²) in [6.07, 6.45) is 5.08. The molecular formula is C15H18ClNO2. The van der Waals surface area contributed by atoms with Gasteiger partial charge in [0.25, 0.3) is 0 Å². The molecule has 3 rings (SSSR count). The molecule has 0 radical (unpaired) electrons. The maximum atomic E-state index is 11.4. The third kappa shape index (κ3) is 2.32. The number of halogens is 1. The minimum atomic E-state index is -0.899. The van der Waals surface area contributed by atoms with Crippen LogP contribution < -0.4 is 4.90 Å². The number of nitrogens with zero attached hydrogens (tertiary/aromatic N) is 1. The molecule has 2 fully saturated rings. The number of benzene rings is 1. The lowest BCUT2D eigenvalue weighted by molar-refractivity contribution is 0.0697. The number of hydrogen-bond donors (Lipinski definition) is 1. The molecule has 102 valence electrons. The van der Waals surface area contributed by atoms with Gasteiger partial charge in [0.15, 0.2) is 0 Å². The molecule has 1 spiro atoms. The molecule has 1 saturated carbocycles. The number of rotatable bonds is 2. The quantitative estimate of drug-likeness (QED) is 0.897.